The number of carbonyl (C=O) groups is 2. The van der Waals surface area contributed by atoms with Gasteiger partial charge in [-0.3, -0.25) is 9.59 Å². The summed E-state index contributed by atoms with van der Waals surface area (Å²) in [5.41, 5.74) is 1.04. The van der Waals surface area contributed by atoms with Crippen LogP contribution in [0, 0.1) is 5.92 Å². The summed E-state index contributed by atoms with van der Waals surface area (Å²) in [4.78, 5) is 24.9. The van der Waals surface area contributed by atoms with Crippen LogP contribution in [-0.4, -0.2) is 30.4 Å². The molecule has 1 atom stereocenters. The van der Waals surface area contributed by atoms with E-state index in [9.17, 15) is 9.59 Å². The average Bonchev–Trinajstić information content (AvgIpc) is 2.70. The molecule has 4 nitrogen and oxygen atoms in total. The SMILES string of the molecule is COC(=O)C1CC(=O)N(Cc2cccc(Br)c2)C1. The average molecular weight is 312 g/mol. The van der Waals surface area contributed by atoms with Crippen LogP contribution in [0.3, 0.4) is 0 Å². The zero-order valence-corrected chi connectivity index (χ0v) is 11.6. The molecule has 0 spiro atoms. The number of amides is 1. The van der Waals surface area contributed by atoms with Crippen LogP contribution in [0.2, 0.25) is 0 Å². The highest BCUT2D eigenvalue weighted by atomic mass is 79.9. The first-order valence-electron chi connectivity index (χ1n) is 5.70. The predicted octanol–water partition coefficient (Wildman–Crippen LogP) is 1.97. The Kier molecular flexibility index (Phi) is 4.01. The standard InChI is InChI=1S/C13H14BrNO3/c1-18-13(17)10-6-12(16)15(8-10)7-9-3-2-4-11(14)5-9/h2-5,10H,6-8H2,1H3. The number of hydrogen-bond donors (Lipinski definition) is 0. The van der Waals surface area contributed by atoms with Gasteiger partial charge < -0.3 is 9.64 Å². The van der Waals surface area contributed by atoms with E-state index in [2.05, 4.69) is 20.7 Å². The number of nitrogens with zero attached hydrogens (tertiary/aromatic N) is 1. The maximum absolute atomic E-state index is 11.8. The third-order valence-corrected chi connectivity index (χ3v) is 3.50. The van der Waals surface area contributed by atoms with Crippen LogP contribution in [0.5, 0.6) is 0 Å². The topological polar surface area (TPSA) is 46.6 Å². The van der Waals surface area contributed by atoms with Gasteiger partial charge >= 0.3 is 5.97 Å². The van der Waals surface area contributed by atoms with Gasteiger partial charge in [0.1, 0.15) is 0 Å². The molecule has 1 aromatic carbocycles. The van der Waals surface area contributed by atoms with E-state index in [0.29, 0.717) is 13.1 Å². The third kappa shape index (κ3) is 2.90. The van der Waals surface area contributed by atoms with Crippen molar-refractivity contribution < 1.29 is 14.3 Å². The Morgan fingerprint density at radius 2 is 2.33 bits per heavy atom. The number of methoxy groups -OCH3 is 1. The maximum Gasteiger partial charge on any atom is 0.310 e. The summed E-state index contributed by atoms with van der Waals surface area (Å²) >= 11 is 3.40. The summed E-state index contributed by atoms with van der Waals surface area (Å²) in [6.07, 6.45) is 0.251. The van der Waals surface area contributed by atoms with Crippen LogP contribution in [0.1, 0.15) is 12.0 Å². The quantitative estimate of drug-likeness (QED) is 0.802. The van der Waals surface area contributed by atoms with E-state index in [1.165, 1.54) is 7.11 Å². The molecular weight excluding hydrogens is 298 g/mol. The van der Waals surface area contributed by atoms with Crippen LogP contribution in [0.4, 0.5) is 0 Å². The fraction of sp³-hybridized carbons (Fsp3) is 0.385. The second-order valence-electron chi connectivity index (χ2n) is 4.33. The molecule has 2 rings (SSSR count). The van der Waals surface area contributed by atoms with Crippen LogP contribution in [-0.2, 0) is 20.9 Å². The highest BCUT2D eigenvalue weighted by Gasteiger charge is 2.34. The first-order valence-corrected chi connectivity index (χ1v) is 6.49. The summed E-state index contributed by atoms with van der Waals surface area (Å²) in [6, 6.07) is 7.80. The highest BCUT2D eigenvalue weighted by Crippen LogP contribution is 2.22. The van der Waals surface area contributed by atoms with Gasteiger partial charge in [0.15, 0.2) is 0 Å². The lowest BCUT2D eigenvalue weighted by atomic mass is 10.1. The lowest BCUT2D eigenvalue weighted by Gasteiger charge is -2.16. The molecule has 1 aliphatic heterocycles. The molecule has 18 heavy (non-hydrogen) atoms. The summed E-state index contributed by atoms with van der Waals surface area (Å²) in [5.74, 6) is -0.625. The molecule has 5 heteroatoms. The minimum absolute atomic E-state index is 0.00498. The Morgan fingerprint density at radius 1 is 1.56 bits per heavy atom. The molecule has 1 fully saturated rings. The molecule has 0 saturated carbocycles. The Hall–Kier alpha value is -1.36. The molecule has 96 valence electrons. The van der Waals surface area contributed by atoms with E-state index in [4.69, 9.17) is 0 Å². The second-order valence-corrected chi connectivity index (χ2v) is 5.24. The Bertz CT molecular complexity index is 475. The molecule has 0 bridgehead atoms. The van der Waals surface area contributed by atoms with Crippen molar-refractivity contribution >= 4 is 27.8 Å². The van der Waals surface area contributed by atoms with Crippen molar-refractivity contribution in [2.24, 2.45) is 5.92 Å². The van der Waals surface area contributed by atoms with E-state index in [1.54, 1.807) is 4.90 Å². The van der Waals surface area contributed by atoms with Crippen molar-refractivity contribution in [2.45, 2.75) is 13.0 Å². The Morgan fingerprint density at radius 3 is 3.00 bits per heavy atom. The molecule has 1 unspecified atom stereocenters. The van der Waals surface area contributed by atoms with E-state index < -0.39 is 0 Å². The molecule has 0 aromatic heterocycles. The van der Waals surface area contributed by atoms with Gasteiger partial charge in [0.05, 0.1) is 13.0 Å². The van der Waals surface area contributed by atoms with Crippen LogP contribution < -0.4 is 0 Å². The van der Waals surface area contributed by atoms with Crippen molar-refractivity contribution in [2.75, 3.05) is 13.7 Å². The lowest BCUT2D eigenvalue weighted by Crippen LogP contribution is -2.26. The summed E-state index contributed by atoms with van der Waals surface area (Å²) in [5, 5.41) is 0. The molecule has 1 amide bonds. The predicted molar refractivity (Wildman–Crippen MR) is 69.7 cm³/mol. The lowest BCUT2D eigenvalue weighted by molar-refractivity contribution is -0.145. The molecule has 0 aliphatic carbocycles. The first kappa shape index (κ1) is 13.1. The number of ether oxygens (including phenoxy) is 1. The van der Waals surface area contributed by atoms with Crippen LogP contribution >= 0.6 is 15.9 Å². The van der Waals surface area contributed by atoms with Gasteiger partial charge in [-0.2, -0.15) is 0 Å². The second kappa shape index (κ2) is 5.52. The molecule has 1 heterocycles. The molecule has 1 aromatic rings. The van der Waals surface area contributed by atoms with Crippen LogP contribution in [0.25, 0.3) is 0 Å². The Balaban J connectivity index is 2.02. The van der Waals surface area contributed by atoms with Gasteiger partial charge in [-0.1, -0.05) is 28.1 Å². The van der Waals surface area contributed by atoms with E-state index >= 15 is 0 Å². The minimum atomic E-state index is -0.324. The molecular formula is C13H14BrNO3. The fourth-order valence-corrected chi connectivity index (χ4v) is 2.55. The highest BCUT2D eigenvalue weighted by molar-refractivity contribution is 9.10. The van der Waals surface area contributed by atoms with Crippen molar-refractivity contribution in [3.8, 4) is 0 Å². The van der Waals surface area contributed by atoms with E-state index in [1.807, 2.05) is 24.3 Å². The number of carbonyl (C=O) groups excluding carboxylic acids is 2. The number of likely N-dealkylation sites (tertiary alicyclic amines) is 1. The fourth-order valence-electron chi connectivity index (χ4n) is 2.11. The van der Waals surface area contributed by atoms with Gasteiger partial charge in [-0.25, -0.2) is 0 Å². The smallest absolute Gasteiger partial charge is 0.310 e. The number of halogens is 1. The number of benzene rings is 1. The summed E-state index contributed by atoms with van der Waals surface area (Å²) < 4.78 is 5.66. The van der Waals surface area contributed by atoms with E-state index in [0.717, 1.165) is 10.0 Å². The van der Waals surface area contributed by atoms with Crippen molar-refractivity contribution in [1.82, 2.24) is 4.90 Å². The van der Waals surface area contributed by atoms with Crippen LogP contribution in [0.15, 0.2) is 28.7 Å². The normalized spacial score (nSPS) is 19.1. The third-order valence-electron chi connectivity index (χ3n) is 3.01. The summed E-state index contributed by atoms with van der Waals surface area (Å²) in [7, 11) is 1.35. The first-order chi connectivity index (χ1) is 8.60. The van der Waals surface area contributed by atoms with Gasteiger partial charge in [-0.15, -0.1) is 0 Å². The number of esters is 1. The minimum Gasteiger partial charge on any atom is -0.469 e. The van der Waals surface area contributed by atoms with E-state index in [-0.39, 0.29) is 24.2 Å². The van der Waals surface area contributed by atoms with Crippen molar-refractivity contribution in [3.05, 3.63) is 34.3 Å². The van der Waals surface area contributed by atoms with Gasteiger partial charge in [0.2, 0.25) is 5.91 Å². The zero-order valence-electron chi connectivity index (χ0n) is 10.1. The van der Waals surface area contributed by atoms with Gasteiger partial charge in [0, 0.05) is 24.0 Å². The van der Waals surface area contributed by atoms with Gasteiger partial charge in [0.25, 0.3) is 0 Å². The number of rotatable bonds is 3. The monoisotopic (exact) mass is 311 g/mol. The molecule has 1 saturated heterocycles. The largest absolute Gasteiger partial charge is 0.469 e. The maximum atomic E-state index is 11.8. The zero-order chi connectivity index (χ0) is 13.1. The summed E-state index contributed by atoms with van der Waals surface area (Å²) in [6.45, 7) is 0.976. The molecule has 0 radical (unpaired) electrons. The number of hydrogen-bond acceptors (Lipinski definition) is 3. The molecule has 1 aliphatic rings. The van der Waals surface area contributed by atoms with Gasteiger partial charge in [-0.05, 0) is 17.7 Å². The molecule has 0 N–H and O–H groups in total. The Labute approximate surface area is 114 Å². The van der Waals surface area contributed by atoms with Crippen molar-refractivity contribution in [1.29, 1.82) is 0 Å². The van der Waals surface area contributed by atoms with Crippen molar-refractivity contribution in [3.63, 3.8) is 0 Å².